The smallest absolute Gasteiger partial charge is 0.213 e. The number of pyridine rings is 1. The second kappa shape index (κ2) is 6.84. The third kappa shape index (κ3) is 3.89. The van der Waals surface area contributed by atoms with E-state index in [0.717, 1.165) is 45.0 Å². The summed E-state index contributed by atoms with van der Waals surface area (Å²) in [4.78, 5) is 9.34. The Kier molecular flexibility index (Phi) is 5.13. The molecule has 1 aromatic heterocycles. The Labute approximate surface area is 115 Å². The van der Waals surface area contributed by atoms with Gasteiger partial charge in [0.15, 0.2) is 0 Å². The fourth-order valence-corrected chi connectivity index (χ4v) is 2.40. The molecule has 0 saturated carbocycles. The molecule has 5 nitrogen and oxygen atoms in total. The van der Waals surface area contributed by atoms with Crippen molar-refractivity contribution in [2.24, 2.45) is 5.73 Å². The zero-order valence-electron chi connectivity index (χ0n) is 11.9. The van der Waals surface area contributed by atoms with Crippen LogP contribution in [0.1, 0.15) is 12.6 Å². The van der Waals surface area contributed by atoms with Gasteiger partial charge in [0.1, 0.15) is 0 Å². The molecule has 2 N–H and O–H groups in total. The van der Waals surface area contributed by atoms with E-state index < -0.39 is 0 Å². The van der Waals surface area contributed by atoms with Gasteiger partial charge < -0.3 is 10.5 Å². The van der Waals surface area contributed by atoms with E-state index in [-0.39, 0.29) is 0 Å². The highest BCUT2D eigenvalue weighted by Crippen LogP contribution is 2.11. The number of hydrogen-bond donors (Lipinski definition) is 1. The minimum atomic E-state index is 0.483. The maximum absolute atomic E-state index is 5.71. The Bertz CT molecular complexity index is 391. The molecule has 1 unspecified atom stereocenters. The number of hydrogen-bond acceptors (Lipinski definition) is 5. The molecular formula is C14H24N4O. The molecule has 2 rings (SSSR count). The maximum atomic E-state index is 5.71. The standard InChI is InChI=1S/C14H24N4O/c1-12(10-15)18-8-6-17(7-9-18)11-13-4-3-5-14(16-13)19-2/h3-5,12H,6-11,15H2,1-2H3. The lowest BCUT2D eigenvalue weighted by atomic mass is 10.2. The van der Waals surface area contributed by atoms with Gasteiger partial charge in [-0.3, -0.25) is 9.80 Å². The fraction of sp³-hybridized carbons (Fsp3) is 0.643. The van der Waals surface area contributed by atoms with Crippen molar-refractivity contribution in [2.75, 3.05) is 39.8 Å². The molecule has 5 heteroatoms. The van der Waals surface area contributed by atoms with Crippen molar-refractivity contribution in [3.05, 3.63) is 23.9 Å². The van der Waals surface area contributed by atoms with Gasteiger partial charge in [-0.25, -0.2) is 4.98 Å². The number of ether oxygens (including phenoxy) is 1. The molecule has 0 spiro atoms. The summed E-state index contributed by atoms with van der Waals surface area (Å²) >= 11 is 0. The highest BCUT2D eigenvalue weighted by Gasteiger charge is 2.20. The Morgan fingerprint density at radius 1 is 1.32 bits per heavy atom. The predicted molar refractivity (Wildman–Crippen MR) is 76.2 cm³/mol. The monoisotopic (exact) mass is 264 g/mol. The van der Waals surface area contributed by atoms with Crippen LogP contribution < -0.4 is 10.5 Å². The first kappa shape index (κ1) is 14.2. The van der Waals surface area contributed by atoms with Crippen LogP contribution in [0.3, 0.4) is 0 Å². The van der Waals surface area contributed by atoms with E-state index in [2.05, 4.69) is 27.8 Å². The van der Waals surface area contributed by atoms with Crippen molar-refractivity contribution in [1.29, 1.82) is 0 Å². The quantitative estimate of drug-likeness (QED) is 0.842. The molecule has 1 aromatic rings. The van der Waals surface area contributed by atoms with E-state index in [9.17, 15) is 0 Å². The van der Waals surface area contributed by atoms with Crippen LogP contribution in [0.15, 0.2) is 18.2 Å². The van der Waals surface area contributed by atoms with Crippen molar-refractivity contribution < 1.29 is 4.74 Å². The van der Waals surface area contributed by atoms with Gasteiger partial charge in [0, 0.05) is 51.4 Å². The average Bonchev–Trinajstić information content (AvgIpc) is 2.47. The summed E-state index contributed by atoms with van der Waals surface area (Å²) in [5.74, 6) is 0.688. The Morgan fingerprint density at radius 2 is 2.05 bits per heavy atom. The Balaban J connectivity index is 1.85. The maximum Gasteiger partial charge on any atom is 0.213 e. The summed E-state index contributed by atoms with van der Waals surface area (Å²) in [5.41, 5.74) is 6.78. The third-order valence-electron chi connectivity index (χ3n) is 3.75. The first-order valence-electron chi connectivity index (χ1n) is 6.89. The zero-order chi connectivity index (χ0) is 13.7. The highest BCUT2D eigenvalue weighted by atomic mass is 16.5. The van der Waals surface area contributed by atoms with Gasteiger partial charge in [-0.2, -0.15) is 0 Å². The molecule has 1 aliphatic heterocycles. The molecule has 106 valence electrons. The van der Waals surface area contributed by atoms with Gasteiger partial charge in [0.25, 0.3) is 0 Å². The second-order valence-corrected chi connectivity index (χ2v) is 5.07. The fourth-order valence-electron chi connectivity index (χ4n) is 2.40. The first-order chi connectivity index (χ1) is 9.22. The van der Waals surface area contributed by atoms with E-state index in [0.29, 0.717) is 11.9 Å². The molecule has 1 aliphatic rings. The molecule has 1 saturated heterocycles. The van der Waals surface area contributed by atoms with Crippen molar-refractivity contribution in [1.82, 2.24) is 14.8 Å². The number of piperazine rings is 1. The summed E-state index contributed by atoms with van der Waals surface area (Å²) in [6, 6.07) is 6.41. The van der Waals surface area contributed by atoms with E-state index in [1.54, 1.807) is 7.11 Å². The van der Waals surface area contributed by atoms with Crippen molar-refractivity contribution in [3.8, 4) is 5.88 Å². The topological polar surface area (TPSA) is 54.6 Å². The summed E-state index contributed by atoms with van der Waals surface area (Å²) in [6.45, 7) is 8.13. The van der Waals surface area contributed by atoms with Crippen LogP contribution in [-0.4, -0.2) is 60.7 Å². The van der Waals surface area contributed by atoms with E-state index in [4.69, 9.17) is 10.5 Å². The predicted octanol–water partition coefficient (Wildman–Crippen LogP) is 0.555. The Morgan fingerprint density at radius 3 is 2.68 bits per heavy atom. The number of methoxy groups -OCH3 is 1. The third-order valence-corrected chi connectivity index (χ3v) is 3.75. The van der Waals surface area contributed by atoms with Gasteiger partial charge in [-0.05, 0) is 13.0 Å². The zero-order valence-corrected chi connectivity index (χ0v) is 11.9. The number of nitrogens with zero attached hydrogens (tertiary/aromatic N) is 3. The van der Waals surface area contributed by atoms with E-state index in [1.807, 2.05) is 12.1 Å². The average molecular weight is 264 g/mol. The first-order valence-corrected chi connectivity index (χ1v) is 6.89. The van der Waals surface area contributed by atoms with Gasteiger partial charge in [0.2, 0.25) is 5.88 Å². The summed E-state index contributed by atoms with van der Waals surface area (Å²) < 4.78 is 5.16. The minimum absolute atomic E-state index is 0.483. The van der Waals surface area contributed by atoms with Gasteiger partial charge >= 0.3 is 0 Å². The number of rotatable bonds is 5. The van der Waals surface area contributed by atoms with Crippen LogP contribution in [0, 0.1) is 0 Å². The molecule has 1 atom stereocenters. The molecule has 2 heterocycles. The summed E-state index contributed by atoms with van der Waals surface area (Å²) in [5, 5.41) is 0. The highest BCUT2D eigenvalue weighted by molar-refractivity contribution is 5.15. The molecule has 0 radical (unpaired) electrons. The molecule has 0 aliphatic carbocycles. The number of aromatic nitrogens is 1. The van der Waals surface area contributed by atoms with Gasteiger partial charge in [-0.1, -0.05) is 6.07 Å². The molecule has 1 fully saturated rings. The SMILES string of the molecule is COc1cccc(CN2CCN(C(C)CN)CC2)n1. The minimum Gasteiger partial charge on any atom is -0.481 e. The molecular weight excluding hydrogens is 240 g/mol. The van der Waals surface area contributed by atoms with Crippen LogP contribution in [-0.2, 0) is 6.54 Å². The lowest BCUT2D eigenvalue weighted by Gasteiger charge is -2.37. The van der Waals surface area contributed by atoms with Gasteiger partial charge in [0.05, 0.1) is 12.8 Å². The van der Waals surface area contributed by atoms with Crippen LogP contribution in [0.5, 0.6) is 5.88 Å². The largest absolute Gasteiger partial charge is 0.481 e. The summed E-state index contributed by atoms with van der Waals surface area (Å²) in [6.07, 6.45) is 0. The van der Waals surface area contributed by atoms with Crippen LogP contribution in [0.2, 0.25) is 0 Å². The molecule has 0 aromatic carbocycles. The van der Waals surface area contributed by atoms with Crippen LogP contribution in [0.4, 0.5) is 0 Å². The van der Waals surface area contributed by atoms with E-state index >= 15 is 0 Å². The lowest BCUT2D eigenvalue weighted by molar-refractivity contribution is 0.0996. The summed E-state index contributed by atoms with van der Waals surface area (Å²) in [7, 11) is 1.65. The molecule has 0 bridgehead atoms. The van der Waals surface area contributed by atoms with Crippen molar-refractivity contribution in [2.45, 2.75) is 19.5 Å². The van der Waals surface area contributed by atoms with Gasteiger partial charge in [-0.15, -0.1) is 0 Å². The van der Waals surface area contributed by atoms with Crippen LogP contribution >= 0.6 is 0 Å². The normalized spacial score (nSPS) is 19.3. The molecule has 0 amide bonds. The van der Waals surface area contributed by atoms with E-state index in [1.165, 1.54) is 0 Å². The number of nitrogens with two attached hydrogens (primary N) is 1. The van der Waals surface area contributed by atoms with Crippen molar-refractivity contribution >= 4 is 0 Å². The molecule has 19 heavy (non-hydrogen) atoms. The second-order valence-electron chi connectivity index (χ2n) is 5.07. The Hall–Kier alpha value is -1.17. The van der Waals surface area contributed by atoms with Crippen LogP contribution in [0.25, 0.3) is 0 Å². The lowest BCUT2D eigenvalue weighted by Crippen LogP contribution is -2.51. The van der Waals surface area contributed by atoms with Crippen molar-refractivity contribution in [3.63, 3.8) is 0 Å².